The lowest BCUT2D eigenvalue weighted by Gasteiger charge is -2.41. The molecule has 1 aromatic carbocycles. The number of rotatable bonds is 2. The van der Waals surface area contributed by atoms with Crippen molar-refractivity contribution >= 4 is 0 Å². The Morgan fingerprint density at radius 3 is 2.20 bits per heavy atom. The van der Waals surface area contributed by atoms with E-state index in [4.69, 9.17) is 0 Å². The maximum Gasteiger partial charge on any atom is 0.0682 e. The summed E-state index contributed by atoms with van der Waals surface area (Å²) in [6, 6.07) is 10.7. The minimum Gasteiger partial charge on any atom is -0.390 e. The fraction of sp³-hybridized carbons (Fsp3) is 0.684. The van der Waals surface area contributed by atoms with Crippen molar-refractivity contribution in [3.8, 4) is 0 Å². The summed E-state index contributed by atoms with van der Waals surface area (Å²) >= 11 is 0. The zero-order valence-electron chi connectivity index (χ0n) is 13.1. The molecule has 3 rings (SSSR count). The van der Waals surface area contributed by atoms with E-state index in [1.807, 2.05) is 0 Å². The molecule has 2 unspecified atom stereocenters. The number of hydrogen-bond acceptors (Lipinski definition) is 1. The highest BCUT2D eigenvalue weighted by Crippen LogP contribution is 2.58. The van der Waals surface area contributed by atoms with Crippen LogP contribution in [0.2, 0.25) is 0 Å². The van der Waals surface area contributed by atoms with Crippen LogP contribution in [0.1, 0.15) is 64.4 Å². The summed E-state index contributed by atoms with van der Waals surface area (Å²) in [6.45, 7) is 7.02. The third kappa shape index (κ3) is 2.65. The molecule has 2 fully saturated rings. The summed E-state index contributed by atoms with van der Waals surface area (Å²) in [7, 11) is 0. The van der Waals surface area contributed by atoms with Crippen LogP contribution in [0.3, 0.4) is 0 Å². The molecule has 2 saturated carbocycles. The molecule has 20 heavy (non-hydrogen) atoms. The van der Waals surface area contributed by atoms with E-state index >= 15 is 0 Å². The SMILES string of the molecule is CC(C)(C)C1CCC(O)(C2CC2c2ccccc2)CC1. The van der Waals surface area contributed by atoms with Crippen molar-refractivity contribution in [3.05, 3.63) is 35.9 Å². The maximum absolute atomic E-state index is 11.0. The molecule has 1 aromatic rings. The standard InChI is InChI=1S/C19H28O/c1-18(2,3)15-9-11-19(20,12-10-15)17-13-16(17)14-7-5-4-6-8-14/h4-8,15-17,20H,9-13H2,1-3H3. The average Bonchev–Trinajstić information content (AvgIpc) is 3.20. The molecule has 0 aliphatic heterocycles. The summed E-state index contributed by atoms with van der Waals surface area (Å²) in [5.74, 6) is 1.88. The van der Waals surface area contributed by atoms with E-state index in [1.165, 1.54) is 24.8 Å². The van der Waals surface area contributed by atoms with Gasteiger partial charge in [-0.15, -0.1) is 0 Å². The van der Waals surface area contributed by atoms with E-state index in [2.05, 4.69) is 51.1 Å². The van der Waals surface area contributed by atoms with Gasteiger partial charge in [0.05, 0.1) is 5.60 Å². The Morgan fingerprint density at radius 2 is 1.65 bits per heavy atom. The molecule has 0 bridgehead atoms. The minimum absolute atomic E-state index is 0.387. The van der Waals surface area contributed by atoms with Gasteiger partial charge >= 0.3 is 0 Å². The zero-order chi connectivity index (χ0) is 14.4. The quantitative estimate of drug-likeness (QED) is 0.823. The molecule has 110 valence electrons. The third-order valence-corrected chi connectivity index (χ3v) is 5.78. The monoisotopic (exact) mass is 272 g/mol. The second-order valence-corrected chi connectivity index (χ2v) is 8.10. The van der Waals surface area contributed by atoms with Crippen LogP contribution in [0.15, 0.2) is 30.3 Å². The maximum atomic E-state index is 11.0. The molecule has 0 aromatic heterocycles. The molecule has 1 nitrogen and oxygen atoms in total. The molecular weight excluding hydrogens is 244 g/mol. The van der Waals surface area contributed by atoms with Gasteiger partial charge in [0.25, 0.3) is 0 Å². The van der Waals surface area contributed by atoms with Gasteiger partial charge in [-0.1, -0.05) is 51.1 Å². The normalized spacial score (nSPS) is 37.7. The molecule has 0 amide bonds. The van der Waals surface area contributed by atoms with Crippen molar-refractivity contribution in [1.82, 2.24) is 0 Å². The van der Waals surface area contributed by atoms with E-state index in [0.29, 0.717) is 17.3 Å². The topological polar surface area (TPSA) is 20.2 Å². The van der Waals surface area contributed by atoms with Gasteiger partial charge in [0, 0.05) is 0 Å². The molecule has 2 aliphatic rings. The predicted octanol–water partition coefficient (Wildman–Crippen LogP) is 4.76. The van der Waals surface area contributed by atoms with E-state index in [0.717, 1.165) is 18.8 Å². The van der Waals surface area contributed by atoms with Crippen molar-refractivity contribution in [2.24, 2.45) is 17.3 Å². The number of hydrogen-bond donors (Lipinski definition) is 1. The molecule has 2 aliphatic carbocycles. The Bertz CT molecular complexity index is 448. The molecular formula is C19H28O. The van der Waals surface area contributed by atoms with Gasteiger partial charge in [-0.2, -0.15) is 0 Å². The molecule has 1 N–H and O–H groups in total. The first-order valence-corrected chi connectivity index (χ1v) is 8.17. The van der Waals surface area contributed by atoms with Crippen molar-refractivity contribution in [1.29, 1.82) is 0 Å². The molecule has 0 heterocycles. The zero-order valence-corrected chi connectivity index (χ0v) is 13.1. The van der Waals surface area contributed by atoms with E-state index in [1.54, 1.807) is 0 Å². The first-order valence-electron chi connectivity index (χ1n) is 8.17. The Morgan fingerprint density at radius 1 is 1.05 bits per heavy atom. The van der Waals surface area contributed by atoms with E-state index in [-0.39, 0.29) is 5.60 Å². The molecule has 1 heteroatoms. The number of benzene rings is 1. The second-order valence-electron chi connectivity index (χ2n) is 8.10. The highest BCUT2D eigenvalue weighted by Gasteiger charge is 2.53. The summed E-state index contributed by atoms with van der Waals surface area (Å²) in [6.07, 6.45) is 5.57. The average molecular weight is 272 g/mol. The van der Waals surface area contributed by atoms with Gasteiger partial charge < -0.3 is 5.11 Å². The van der Waals surface area contributed by atoms with Crippen LogP contribution in [0.4, 0.5) is 0 Å². The highest BCUT2D eigenvalue weighted by molar-refractivity contribution is 5.28. The Labute approximate surface area is 123 Å². The molecule has 0 radical (unpaired) electrons. The molecule has 0 spiro atoms. The Kier molecular flexibility index (Phi) is 3.44. The van der Waals surface area contributed by atoms with Gasteiger partial charge in [-0.25, -0.2) is 0 Å². The molecule has 0 saturated heterocycles. The Balaban J connectivity index is 1.63. The van der Waals surface area contributed by atoms with Crippen molar-refractivity contribution in [2.45, 2.75) is 64.4 Å². The van der Waals surface area contributed by atoms with Gasteiger partial charge in [-0.3, -0.25) is 0 Å². The minimum atomic E-state index is -0.387. The van der Waals surface area contributed by atoms with Crippen molar-refractivity contribution in [2.75, 3.05) is 0 Å². The third-order valence-electron chi connectivity index (χ3n) is 5.78. The van der Waals surface area contributed by atoms with E-state index < -0.39 is 0 Å². The van der Waals surface area contributed by atoms with Crippen LogP contribution in [0.5, 0.6) is 0 Å². The summed E-state index contributed by atoms with van der Waals surface area (Å²) in [5.41, 5.74) is 1.43. The van der Waals surface area contributed by atoms with Gasteiger partial charge in [0.15, 0.2) is 0 Å². The lowest BCUT2D eigenvalue weighted by atomic mass is 9.67. The van der Waals surface area contributed by atoms with Crippen LogP contribution < -0.4 is 0 Å². The fourth-order valence-electron chi connectivity index (χ4n) is 4.21. The largest absolute Gasteiger partial charge is 0.390 e. The first kappa shape index (κ1) is 14.1. The molecule has 2 atom stereocenters. The number of aliphatic hydroxyl groups is 1. The Hall–Kier alpha value is -0.820. The van der Waals surface area contributed by atoms with E-state index in [9.17, 15) is 5.11 Å². The first-order chi connectivity index (χ1) is 9.40. The summed E-state index contributed by atoms with van der Waals surface area (Å²) in [5, 5.41) is 11.0. The van der Waals surface area contributed by atoms with Gasteiger partial charge in [-0.05, 0) is 60.8 Å². The van der Waals surface area contributed by atoms with Crippen LogP contribution in [0, 0.1) is 17.3 Å². The lowest BCUT2D eigenvalue weighted by molar-refractivity contribution is -0.0438. The van der Waals surface area contributed by atoms with Gasteiger partial charge in [0.1, 0.15) is 0 Å². The summed E-state index contributed by atoms with van der Waals surface area (Å²) < 4.78 is 0. The predicted molar refractivity (Wildman–Crippen MR) is 83.7 cm³/mol. The van der Waals surface area contributed by atoms with Crippen LogP contribution in [-0.4, -0.2) is 10.7 Å². The smallest absolute Gasteiger partial charge is 0.0682 e. The van der Waals surface area contributed by atoms with Crippen molar-refractivity contribution in [3.63, 3.8) is 0 Å². The van der Waals surface area contributed by atoms with Crippen LogP contribution in [0.25, 0.3) is 0 Å². The van der Waals surface area contributed by atoms with Crippen LogP contribution >= 0.6 is 0 Å². The van der Waals surface area contributed by atoms with Crippen LogP contribution in [-0.2, 0) is 0 Å². The summed E-state index contributed by atoms with van der Waals surface area (Å²) in [4.78, 5) is 0. The highest BCUT2D eigenvalue weighted by atomic mass is 16.3. The fourth-order valence-corrected chi connectivity index (χ4v) is 4.21. The lowest BCUT2D eigenvalue weighted by Crippen LogP contribution is -2.39. The second kappa shape index (κ2) is 4.87. The van der Waals surface area contributed by atoms with Crippen molar-refractivity contribution < 1.29 is 5.11 Å². The van der Waals surface area contributed by atoms with Gasteiger partial charge in [0.2, 0.25) is 0 Å².